The molecule has 820 valence electrons. The minimum absolute atomic E-state index is 0.00926. The number of aromatic amines is 7. The number of carbonyl (C=O) groups is 5. The van der Waals surface area contributed by atoms with Crippen molar-refractivity contribution in [2.24, 2.45) is 125 Å². The minimum Gasteiger partial charge on any atom is -0.512 e. The van der Waals surface area contributed by atoms with Gasteiger partial charge >= 0.3 is 0 Å². The van der Waals surface area contributed by atoms with E-state index in [1.807, 2.05) is 198 Å². The Morgan fingerprint density at radius 3 is 0.782 bits per heavy atom. The second-order valence-corrected chi connectivity index (χ2v) is 41.5. The van der Waals surface area contributed by atoms with Crippen LogP contribution in [0.3, 0.4) is 0 Å². The van der Waals surface area contributed by atoms with Crippen molar-refractivity contribution in [3.05, 3.63) is 134 Å². The van der Waals surface area contributed by atoms with Crippen LogP contribution in [0.1, 0.15) is 435 Å². The Bertz CT molecular complexity index is 3930. The van der Waals surface area contributed by atoms with E-state index in [2.05, 4.69) is 266 Å². The third-order valence-corrected chi connectivity index (χ3v) is 16.1. The number of amides is 4. The molecule has 0 aromatic carbocycles. The minimum atomic E-state index is -0.241. The van der Waals surface area contributed by atoms with Crippen molar-refractivity contribution in [1.82, 2.24) is 102 Å². The standard InChI is InChI=1S/2C9H16N2.2C8H16O.2C7H16N2.2C7H15NO.C5H9N3.2C5H5NO.3C4H8N4.2C4H9NO.2C4H10/c2*1-6(2)8-5-10-9(11-8)7(3)4;2*1-6(2)5-8(9)7(3)4;2*1-5(2)7(8)9-6(3)4;2*1-5(2)7(9)8-6(3)4;1-4(2)5-3-6-8-7-5;2*7-5-3-1-2-4-6-5;3*1-3(2)4-5-7-8-6-4;2*1-3(2)4(5)6;2*1-4(2)3/h2*5-7H,1-4H3,(H,10,11);6-7H,5H2,1-4H3;5-7,9H,1-4H3;2*5-6H,1-4H3,(H2,8,9);2*5-6H,1-4H3,(H,8,9);4H,3H2,1-2H3;2*1-4H,(H,6,7);3*3H,1-2H3,(H,5,6,7,8);2*3H,1-2H3,(H2,5,6);2*4H,1-3H3/b;;;8-5-;;;;;;;;;;;;;;. The lowest BCUT2D eigenvalue weighted by Gasteiger charge is -2.09. The quantitative estimate of drug-likeness (QED) is 0.0161. The third kappa shape index (κ3) is 109. The van der Waals surface area contributed by atoms with Crippen molar-refractivity contribution in [3.63, 3.8) is 0 Å². The first-order valence-electron chi connectivity index (χ1n) is 50.5. The molecule has 7 aromatic rings. The molecule has 0 radical (unpaired) electrons. The maximum atomic E-state index is 11.0. The summed E-state index contributed by atoms with van der Waals surface area (Å²) in [6.07, 6.45) is 9.67. The molecule has 7 aromatic heterocycles. The number of primary amides is 2. The molecule has 0 atom stereocenters. The Morgan fingerprint density at radius 2 is 0.690 bits per heavy atom. The Balaban J connectivity index is -0.000000163. The van der Waals surface area contributed by atoms with E-state index < -0.39 is 0 Å². The number of nitrogens with zero attached hydrogens (tertiary/aromatic N) is 16. The van der Waals surface area contributed by atoms with E-state index >= 15 is 0 Å². The first-order chi connectivity index (χ1) is 65.2. The fraction of sp³-hybridized carbons (Fsp3) is 0.724. The van der Waals surface area contributed by atoms with Crippen molar-refractivity contribution in [3.8, 4) is 0 Å². The number of tetrazole rings is 3. The number of H-pyrrole nitrogens is 7. The largest absolute Gasteiger partial charge is 0.512 e. The van der Waals surface area contributed by atoms with Crippen LogP contribution in [0.25, 0.3) is 0 Å². The Hall–Kier alpha value is -11.2. The Morgan fingerprint density at radius 1 is 0.394 bits per heavy atom. The number of nitrogens with two attached hydrogens (primary N) is 4. The van der Waals surface area contributed by atoms with E-state index in [-0.39, 0.29) is 82.3 Å². The van der Waals surface area contributed by atoms with Gasteiger partial charge in [0.25, 0.3) is 0 Å². The number of ketones is 1. The number of aliphatic hydroxyl groups excluding tert-OH is 1. The van der Waals surface area contributed by atoms with Crippen molar-refractivity contribution >= 4 is 46.8 Å². The summed E-state index contributed by atoms with van der Waals surface area (Å²) in [5.74, 6) is 14.4. The summed E-state index contributed by atoms with van der Waals surface area (Å²) in [6.45, 7) is 102. The number of pyridine rings is 2. The molecule has 18 N–H and O–H groups in total. The number of rotatable bonds is 23. The Kier molecular flexibility index (Phi) is 98.1. The van der Waals surface area contributed by atoms with Crippen LogP contribution in [-0.2, 0) is 24.0 Å². The first kappa shape index (κ1) is 151. The highest BCUT2D eigenvalue weighted by Gasteiger charge is 2.13. The zero-order valence-corrected chi connectivity index (χ0v) is 97.9. The second-order valence-electron chi connectivity index (χ2n) is 41.5. The average Bonchev–Trinajstić information content (AvgIpc) is 1.75. The molecule has 0 aliphatic carbocycles. The van der Waals surface area contributed by atoms with Crippen LogP contribution in [0, 0.1) is 76.9 Å². The number of aliphatic hydroxyl groups is 1. The summed E-state index contributed by atoms with van der Waals surface area (Å²) in [6, 6.07) is 11.0. The molecule has 0 unspecified atom stereocenters. The topological polar surface area (TPSA) is 582 Å². The van der Waals surface area contributed by atoms with Crippen LogP contribution < -0.4 is 44.7 Å². The molecule has 0 spiro atoms. The lowest BCUT2D eigenvalue weighted by atomic mass is 9.99. The highest BCUT2D eigenvalue weighted by Crippen LogP contribution is 2.18. The average molecular weight is 2000 g/mol. The highest BCUT2D eigenvalue weighted by atomic mass is 16.3. The summed E-state index contributed by atoms with van der Waals surface area (Å²) >= 11 is 0. The van der Waals surface area contributed by atoms with Gasteiger partial charge < -0.3 is 58.6 Å². The van der Waals surface area contributed by atoms with Crippen LogP contribution in [0.2, 0.25) is 0 Å². The summed E-state index contributed by atoms with van der Waals surface area (Å²) in [5.41, 5.74) is 24.2. The van der Waals surface area contributed by atoms with Gasteiger partial charge in [0.05, 0.1) is 23.1 Å². The number of hydrogen-bond acceptors (Lipinski definition) is 24. The highest BCUT2D eigenvalue weighted by molar-refractivity contribution is 5.88. The number of carbonyl (C=O) groups excluding carboxylic acids is 5. The smallest absolute Gasteiger partial charge is 0.247 e. The SMILES string of the molecule is CC(C)/C=C(\O)C(C)C.CC(C)C.CC(C)C.CC(C)C(N)=O.CC(C)C(N)=O.CC(C)C1=NN=NC1.CC(C)CC(=O)C(C)C.CC(C)N=C(N)C(C)C.CC(C)N=C(N)C(C)C.CC(C)NC(=O)C(C)C.CC(C)NC(=O)C(C)C.CC(C)c1cnc(C(C)C)[nH]1.CC(C)c1cnc(C(C)C)[nH]1.CC(C)c1nn[nH]n1.CC(C)c1nn[nH]n1.CC(C)c1nn[nH]n1.O=c1cccc[nH]1.O=c1cccc[nH]1. The van der Waals surface area contributed by atoms with Gasteiger partial charge in [-0.05, 0) is 120 Å². The molecule has 1 aliphatic rings. The van der Waals surface area contributed by atoms with Crippen molar-refractivity contribution in [2.75, 3.05) is 6.54 Å². The number of amidine groups is 2. The predicted octanol–water partition coefficient (Wildman–Crippen LogP) is 22.2. The number of nitrogens with one attached hydrogen (secondary N) is 9. The molecule has 0 fully saturated rings. The second kappa shape index (κ2) is 92.3. The van der Waals surface area contributed by atoms with Crippen LogP contribution in [0.15, 0.2) is 108 Å². The molecule has 1 aliphatic heterocycles. The first-order valence-corrected chi connectivity index (χ1v) is 50.5. The molecular weight excluding hydrogens is 1800 g/mol. The van der Waals surface area contributed by atoms with Gasteiger partial charge in [-0.1, -0.05) is 319 Å². The fourth-order valence-corrected chi connectivity index (χ4v) is 7.36. The maximum absolute atomic E-state index is 11.0. The van der Waals surface area contributed by atoms with Gasteiger partial charge in [0, 0.05) is 156 Å². The third-order valence-electron chi connectivity index (χ3n) is 16.1. The van der Waals surface area contributed by atoms with Crippen molar-refractivity contribution < 1.29 is 29.1 Å². The fourth-order valence-electron chi connectivity index (χ4n) is 7.36. The van der Waals surface area contributed by atoms with Gasteiger partial charge in [-0.2, -0.15) is 20.8 Å². The van der Waals surface area contributed by atoms with E-state index in [0.717, 1.165) is 64.8 Å². The Labute approximate surface area is 858 Å². The normalized spacial score (nSPS) is 11.2. The summed E-state index contributed by atoms with van der Waals surface area (Å²) in [5, 5.41) is 65.8. The van der Waals surface area contributed by atoms with Crippen molar-refractivity contribution in [1.29, 1.82) is 0 Å². The molecule has 4 amide bonds. The summed E-state index contributed by atoms with van der Waals surface area (Å²) < 4.78 is 0. The molecule has 37 nitrogen and oxygen atoms in total. The van der Waals surface area contributed by atoms with Gasteiger partial charge in [-0.3, -0.25) is 43.5 Å². The van der Waals surface area contributed by atoms with Crippen LogP contribution in [0.4, 0.5) is 0 Å². The van der Waals surface area contributed by atoms with Gasteiger partial charge in [0.1, 0.15) is 24.0 Å². The van der Waals surface area contributed by atoms with E-state index in [1.54, 1.807) is 64.4 Å². The molecular formula is C105H207N29O8. The van der Waals surface area contributed by atoms with Gasteiger partial charge in [0.15, 0.2) is 17.5 Å². The van der Waals surface area contributed by atoms with Crippen LogP contribution >= 0.6 is 0 Å². The zero-order chi connectivity index (χ0) is 113. The number of hydrogen-bond donors (Lipinski definition) is 14. The van der Waals surface area contributed by atoms with E-state index in [1.165, 1.54) is 23.5 Å². The lowest BCUT2D eigenvalue weighted by molar-refractivity contribution is -0.125. The molecule has 37 heteroatoms. The number of aliphatic imine (C=N–C) groups is 2. The number of allylic oxidation sites excluding steroid dienone is 2. The number of aromatic nitrogens is 18. The van der Waals surface area contributed by atoms with Gasteiger partial charge in [-0.25, -0.2) is 9.97 Å². The molecule has 142 heavy (non-hydrogen) atoms. The summed E-state index contributed by atoms with van der Waals surface area (Å²) in [7, 11) is 0. The lowest BCUT2D eigenvalue weighted by Crippen LogP contribution is -2.33. The van der Waals surface area contributed by atoms with Gasteiger partial charge in [-0.15, -0.1) is 35.7 Å². The predicted molar refractivity (Wildman–Crippen MR) is 593 cm³/mol. The van der Waals surface area contributed by atoms with E-state index in [4.69, 9.17) is 28.0 Å². The maximum Gasteiger partial charge on any atom is 0.247 e. The zero-order valence-electron chi connectivity index (χ0n) is 97.9. The molecule has 0 bridgehead atoms. The molecule has 8 rings (SSSR count). The number of imidazole rings is 2. The molecule has 0 saturated heterocycles. The monoisotopic (exact) mass is 2000 g/mol. The van der Waals surface area contributed by atoms with Gasteiger partial charge in [0.2, 0.25) is 34.7 Å². The van der Waals surface area contributed by atoms with Crippen LogP contribution in [0.5, 0.6) is 0 Å². The van der Waals surface area contributed by atoms with E-state index in [9.17, 15) is 33.6 Å². The summed E-state index contributed by atoms with van der Waals surface area (Å²) in [4.78, 5) is 101. The van der Waals surface area contributed by atoms with E-state index in [0.29, 0.717) is 101 Å². The molecule has 0 saturated carbocycles. The van der Waals surface area contributed by atoms with Crippen molar-refractivity contribution in [2.45, 2.75) is 418 Å². The number of Topliss-reactive ketones (excluding diaryl/α,β-unsaturated/α-hetero) is 1. The molecule has 8 heterocycles. The van der Waals surface area contributed by atoms with Crippen LogP contribution in [-0.4, -0.2) is 174 Å².